The van der Waals surface area contributed by atoms with Crippen LogP contribution in [0.2, 0.25) is 0 Å². The van der Waals surface area contributed by atoms with Gasteiger partial charge in [-0.05, 0) is 6.08 Å². The molecule has 0 aromatic rings. The minimum absolute atomic E-state index is 0.297. The Kier molecular flexibility index (Phi) is 5.12. The van der Waals surface area contributed by atoms with Crippen molar-refractivity contribution in [1.82, 2.24) is 0 Å². The molecule has 0 unspecified atom stereocenters. The van der Waals surface area contributed by atoms with Crippen LogP contribution in [0.5, 0.6) is 0 Å². The second kappa shape index (κ2) is 5.86. The molecule has 0 radical (unpaired) electrons. The smallest absolute Gasteiger partial charge is 0.331 e. The summed E-state index contributed by atoms with van der Waals surface area (Å²) in [4.78, 5) is 10.4. The van der Waals surface area contributed by atoms with E-state index in [0.717, 1.165) is 0 Å². The Balaban J connectivity index is 3.65. The van der Waals surface area contributed by atoms with E-state index in [1.807, 2.05) is 0 Å². The first kappa shape index (κ1) is 8.73. The van der Waals surface area contributed by atoms with E-state index in [1.165, 1.54) is 19.3 Å². The average molecular weight is 139 g/mol. The minimum atomic E-state index is -0.411. The van der Waals surface area contributed by atoms with E-state index in [2.05, 4.69) is 16.6 Å². The fourth-order valence-electron chi connectivity index (χ4n) is 0.296. The lowest BCUT2D eigenvalue weighted by Crippen LogP contribution is -1.94. The molecule has 0 bridgehead atoms. The number of carbonyl (C=O) groups is 1. The van der Waals surface area contributed by atoms with E-state index in [-0.39, 0.29) is 0 Å². The van der Waals surface area contributed by atoms with Crippen LogP contribution in [0, 0.1) is 11.8 Å². The summed E-state index contributed by atoms with van der Waals surface area (Å²) in [7, 11) is 1.31. The third kappa shape index (κ3) is 4.88. The predicted molar refractivity (Wildman–Crippen MR) is 38.0 cm³/mol. The molecule has 0 aliphatic carbocycles. The zero-order valence-corrected chi connectivity index (χ0v) is 5.76. The first-order chi connectivity index (χ1) is 4.81. The molecule has 3 nitrogen and oxygen atoms in total. The topological polar surface area (TPSA) is 52.3 Å². The molecule has 0 amide bonds. The van der Waals surface area contributed by atoms with Crippen molar-refractivity contribution in [2.75, 3.05) is 13.7 Å². The average Bonchev–Trinajstić information content (AvgIpc) is 1.98. The summed E-state index contributed by atoms with van der Waals surface area (Å²) in [5.74, 6) is 4.69. The molecule has 0 fully saturated rings. The van der Waals surface area contributed by atoms with Crippen molar-refractivity contribution in [3.63, 3.8) is 0 Å². The van der Waals surface area contributed by atoms with Gasteiger partial charge in [-0.3, -0.25) is 0 Å². The van der Waals surface area contributed by atoms with Crippen molar-refractivity contribution in [3.05, 3.63) is 12.2 Å². The zero-order chi connectivity index (χ0) is 7.82. The van der Waals surface area contributed by atoms with Crippen LogP contribution in [0.4, 0.5) is 0 Å². The molecule has 2 N–H and O–H groups in total. The van der Waals surface area contributed by atoms with Gasteiger partial charge in [0.15, 0.2) is 0 Å². The second-order valence-electron chi connectivity index (χ2n) is 1.38. The Morgan fingerprint density at radius 3 is 3.00 bits per heavy atom. The standard InChI is InChI=1S/C7H9NO2/c1-10-7(9)5-3-2-4-6-8/h3,5H,6,8H2,1H3. The Labute approximate surface area is 59.9 Å². The van der Waals surface area contributed by atoms with E-state index >= 15 is 0 Å². The highest BCUT2D eigenvalue weighted by atomic mass is 16.5. The van der Waals surface area contributed by atoms with Crippen LogP contribution < -0.4 is 5.73 Å². The molecule has 0 aliphatic rings. The highest BCUT2D eigenvalue weighted by molar-refractivity contribution is 5.82. The summed E-state index contributed by atoms with van der Waals surface area (Å²) in [5.41, 5.74) is 5.05. The number of ether oxygens (including phenoxy) is 1. The lowest BCUT2D eigenvalue weighted by molar-refractivity contribution is -0.134. The summed E-state index contributed by atoms with van der Waals surface area (Å²) in [6.07, 6.45) is 2.64. The third-order valence-corrected chi connectivity index (χ3v) is 0.708. The van der Waals surface area contributed by atoms with E-state index in [1.54, 1.807) is 0 Å². The Hall–Kier alpha value is -1.27. The summed E-state index contributed by atoms with van der Waals surface area (Å²) in [6.45, 7) is 0.297. The fourth-order valence-corrected chi connectivity index (χ4v) is 0.296. The van der Waals surface area contributed by atoms with E-state index < -0.39 is 5.97 Å². The third-order valence-electron chi connectivity index (χ3n) is 0.708. The first-order valence-electron chi connectivity index (χ1n) is 2.74. The zero-order valence-electron chi connectivity index (χ0n) is 5.76. The van der Waals surface area contributed by atoms with Crippen LogP contribution >= 0.6 is 0 Å². The second-order valence-corrected chi connectivity index (χ2v) is 1.38. The van der Waals surface area contributed by atoms with Crippen LogP contribution in [-0.2, 0) is 9.53 Å². The molecule has 0 aromatic heterocycles. The van der Waals surface area contributed by atoms with Gasteiger partial charge < -0.3 is 10.5 Å². The van der Waals surface area contributed by atoms with Crippen LogP contribution in [-0.4, -0.2) is 19.6 Å². The van der Waals surface area contributed by atoms with Crippen LogP contribution in [0.1, 0.15) is 0 Å². The predicted octanol–water partition coefficient (Wildman–Crippen LogP) is -0.322. The Morgan fingerprint density at radius 1 is 1.80 bits per heavy atom. The molecule has 0 atom stereocenters. The maximum absolute atomic E-state index is 10.4. The largest absolute Gasteiger partial charge is 0.466 e. The first-order valence-corrected chi connectivity index (χ1v) is 2.74. The van der Waals surface area contributed by atoms with Gasteiger partial charge in [-0.25, -0.2) is 4.79 Å². The van der Waals surface area contributed by atoms with Crippen LogP contribution in [0.15, 0.2) is 12.2 Å². The van der Waals surface area contributed by atoms with Gasteiger partial charge in [0.2, 0.25) is 0 Å². The summed E-state index contributed by atoms with van der Waals surface area (Å²) in [5, 5.41) is 0. The van der Waals surface area contributed by atoms with Crippen molar-refractivity contribution in [1.29, 1.82) is 0 Å². The molecule has 54 valence electrons. The molecule has 0 rings (SSSR count). The van der Waals surface area contributed by atoms with Crippen molar-refractivity contribution < 1.29 is 9.53 Å². The van der Waals surface area contributed by atoms with Crippen LogP contribution in [0.3, 0.4) is 0 Å². The number of hydrogen-bond donors (Lipinski definition) is 1. The molecule has 0 saturated carbocycles. The molecule has 0 aromatic carbocycles. The maximum Gasteiger partial charge on any atom is 0.331 e. The quantitative estimate of drug-likeness (QED) is 0.307. The maximum atomic E-state index is 10.4. The molecule has 3 heteroatoms. The van der Waals surface area contributed by atoms with Gasteiger partial charge in [-0.15, -0.1) is 0 Å². The van der Waals surface area contributed by atoms with Crippen molar-refractivity contribution in [2.24, 2.45) is 5.73 Å². The molecular formula is C7H9NO2. The van der Waals surface area contributed by atoms with Crippen molar-refractivity contribution >= 4 is 5.97 Å². The lowest BCUT2D eigenvalue weighted by Gasteiger charge is -1.84. The molecule has 0 aliphatic heterocycles. The van der Waals surface area contributed by atoms with Gasteiger partial charge in [-0.2, -0.15) is 0 Å². The number of allylic oxidation sites excluding steroid dienone is 1. The molecule has 0 saturated heterocycles. The van der Waals surface area contributed by atoms with Gasteiger partial charge in [-0.1, -0.05) is 11.8 Å². The lowest BCUT2D eigenvalue weighted by atomic mass is 10.5. The molecular weight excluding hydrogens is 130 g/mol. The van der Waals surface area contributed by atoms with Gasteiger partial charge in [0.25, 0.3) is 0 Å². The Morgan fingerprint density at radius 2 is 2.50 bits per heavy atom. The number of esters is 1. The summed E-state index contributed by atoms with van der Waals surface area (Å²) < 4.78 is 4.31. The van der Waals surface area contributed by atoms with Gasteiger partial charge in [0.05, 0.1) is 13.7 Å². The van der Waals surface area contributed by atoms with Gasteiger partial charge >= 0.3 is 5.97 Å². The van der Waals surface area contributed by atoms with Crippen molar-refractivity contribution in [3.8, 4) is 11.8 Å². The van der Waals surface area contributed by atoms with Gasteiger partial charge in [0, 0.05) is 6.08 Å². The fraction of sp³-hybridized carbons (Fsp3) is 0.286. The SMILES string of the molecule is COC(=O)C=CC#CCN. The number of nitrogens with two attached hydrogens (primary N) is 1. The van der Waals surface area contributed by atoms with E-state index in [4.69, 9.17) is 5.73 Å². The normalized spacial score (nSPS) is 8.60. The highest BCUT2D eigenvalue weighted by Gasteiger charge is 1.85. The number of hydrogen-bond acceptors (Lipinski definition) is 3. The molecule has 10 heavy (non-hydrogen) atoms. The van der Waals surface area contributed by atoms with Crippen molar-refractivity contribution in [2.45, 2.75) is 0 Å². The monoisotopic (exact) mass is 139 g/mol. The molecule has 0 heterocycles. The minimum Gasteiger partial charge on any atom is -0.466 e. The molecule has 0 spiro atoms. The number of rotatable bonds is 1. The number of carbonyl (C=O) groups excluding carboxylic acids is 1. The summed E-state index contributed by atoms with van der Waals surface area (Å²) >= 11 is 0. The van der Waals surface area contributed by atoms with Gasteiger partial charge in [0.1, 0.15) is 0 Å². The summed E-state index contributed by atoms with van der Waals surface area (Å²) in [6, 6.07) is 0. The number of methoxy groups -OCH3 is 1. The van der Waals surface area contributed by atoms with E-state index in [0.29, 0.717) is 6.54 Å². The van der Waals surface area contributed by atoms with E-state index in [9.17, 15) is 4.79 Å². The van der Waals surface area contributed by atoms with Crippen LogP contribution in [0.25, 0.3) is 0 Å². The highest BCUT2D eigenvalue weighted by Crippen LogP contribution is 1.74. The Bertz CT molecular complexity index is 186.